The molecule has 0 aliphatic carbocycles. The van der Waals surface area contributed by atoms with E-state index >= 15 is 0 Å². The Labute approximate surface area is 146 Å². The third-order valence-electron chi connectivity index (χ3n) is 3.96. The van der Waals surface area contributed by atoms with Crippen molar-refractivity contribution in [3.05, 3.63) is 28.2 Å². The lowest BCUT2D eigenvalue weighted by molar-refractivity contribution is -0.129. The molecule has 1 heterocycles. The van der Waals surface area contributed by atoms with Gasteiger partial charge in [-0.2, -0.15) is 0 Å². The van der Waals surface area contributed by atoms with E-state index in [1.165, 1.54) is 0 Å². The van der Waals surface area contributed by atoms with Gasteiger partial charge in [-0.25, -0.2) is 0 Å². The van der Waals surface area contributed by atoms with Gasteiger partial charge < -0.3 is 15.1 Å². The summed E-state index contributed by atoms with van der Waals surface area (Å²) in [6.45, 7) is 5.27. The smallest absolute Gasteiger partial charge is 0.229 e. The van der Waals surface area contributed by atoms with Crippen molar-refractivity contribution in [3.63, 3.8) is 0 Å². The van der Waals surface area contributed by atoms with Gasteiger partial charge in [0.05, 0.1) is 5.92 Å². The topological polar surface area (TPSA) is 52.7 Å². The number of rotatable bonds is 5. The highest BCUT2D eigenvalue weighted by atomic mass is 79.9. The van der Waals surface area contributed by atoms with Crippen LogP contribution in [0.25, 0.3) is 0 Å². The summed E-state index contributed by atoms with van der Waals surface area (Å²) in [4.78, 5) is 28.2. The number of benzene rings is 1. The van der Waals surface area contributed by atoms with Crippen LogP contribution < -0.4 is 5.32 Å². The summed E-state index contributed by atoms with van der Waals surface area (Å²) in [5, 5.41) is 2.92. The van der Waals surface area contributed by atoms with Gasteiger partial charge in [0.15, 0.2) is 0 Å². The summed E-state index contributed by atoms with van der Waals surface area (Å²) >= 11 is 3.55. The molecular weight excluding hydrogens is 358 g/mol. The van der Waals surface area contributed by atoms with E-state index in [-0.39, 0.29) is 23.8 Å². The Kier molecular flexibility index (Phi) is 5.81. The lowest BCUT2D eigenvalue weighted by Gasteiger charge is -2.20. The van der Waals surface area contributed by atoms with Gasteiger partial charge in [0.2, 0.25) is 11.8 Å². The summed E-state index contributed by atoms with van der Waals surface area (Å²) in [5.74, 6) is -0.304. The van der Waals surface area contributed by atoms with Crippen LogP contribution >= 0.6 is 15.9 Å². The van der Waals surface area contributed by atoms with Crippen molar-refractivity contribution < 1.29 is 9.59 Å². The molecule has 0 saturated carbocycles. The number of carbonyl (C=O) groups excluding carboxylic acids is 2. The highest BCUT2D eigenvalue weighted by molar-refractivity contribution is 9.10. The molecule has 6 heteroatoms. The summed E-state index contributed by atoms with van der Waals surface area (Å²) < 4.78 is 0.968. The van der Waals surface area contributed by atoms with Crippen LogP contribution in [0.15, 0.2) is 22.7 Å². The molecule has 2 rings (SSSR count). The standard InChI is InChI=1S/C17H24BrN3O2/c1-11(2)21-10-13(7-16(21)22)17(23)19-14-6-5-12(9-20(3)4)15(18)8-14/h5-6,8,11,13H,7,9-10H2,1-4H3,(H,19,23)/t13-/m0/s1. The first-order chi connectivity index (χ1) is 10.8. The highest BCUT2D eigenvalue weighted by Gasteiger charge is 2.35. The average Bonchev–Trinajstić information content (AvgIpc) is 2.84. The molecule has 0 unspecified atom stereocenters. The van der Waals surface area contributed by atoms with Crippen molar-refractivity contribution in [2.75, 3.05) is 26.0 Å². The van der Waals surface area contributed by atoms with Gasteiger partial charge in [-0.3, -0.25) is 9.59 Å². The van der Waals surface area contributed by atoms with Gasteiger partial charge in [-0.1, -0.05) is 22.0 Å². The minimum Gasteiger partial charge on any atom is -0.339 e. The van der Waals surface area contributed by atoms with E-state index in [4.69, 9.17) is 0 Å². The third kappa shape index (κ3) is 4.54. The summed E-state index contributed by atoms with van der Waals surface area (Å²) in [7, 11) is 4.03. The number of carbonyl (C=O) groups is 2. The molecule has 1 aromatic rings. The number of halogens is 1. The fourth-order valence-electron chi connectivity index (χ4n) is 2.74. The van der Waals surface area contributed by atoms with Crippen LogP contribution in [0.5, 0.6) is 0 Å². The van der Waals surface area contributed by atoms with Crippen molar-refractivity contribution >= 4 is 33.4 Å². The van der Waals surface area contributed by atoms with E-state index in [2.05, 4.69) is 26.1 Å². The largest absolute Gasteiger partial charge is 0.339 e. The van der Waals surface area contributed by atoms with Gasteiger partial charge in [0.25, 0.3) is 0 Å². The number of anilines is 1. The normalized spacial score (nSPS) is 18.1. The Morgan fingerprint density at radius 3 is 2.65 bits per heavy atom. The second-order valence-corrected chi connectivity index (χ2v) is 7.43. The molecule has 126 valence electrons. The minimum absolute atomic E-state index is 0.0580. The molecule has 0 spiro atoms. The van der Waals surface area contributed by atoms with Crippen LogP contribution in [0.3, 0.4) is 0 Å². The Morgan fingerprint density at radius 1 is 1.43 bits per heavy atom. The van der Waals surface area contributed by atoms with E-state index in [0.717, 1.165) is 22.3 Å². The van der Waals surface area contributed by atoms with Gasteiger partial charge in [-0.15, -0.1) is 0 Å². The Bertz CT molecular complexity index is 602. The lowest BCUT2D eigenvalue weighted by Crippen LogP contribution is -2.33. The monoisotopic (exact) mass is 381 g/mol. The fourth-order valence-corrected chi connectivity index (χ4v) is 3.25. The maximum Gasteiger partial charge on any atom is 0.229 e. The van der Waals surface area contributed by atoms with Crippen molar-refractivity contribution in [3.8, 4) is 0 Å². The molecule has 1 aliphatic heterocycles. The molecule has 5 nitrogen and oxygen atoms in total. The Balaban J connectivity index is 2.01. The maximum atomic E-state index is 12.4. The van der Waals surface area contributed by atoms with Crippen LogP contribution in [-0.2, 0) is 16.1 Å². The Hall–Kier alpha value is -1.40. The number of amides is 2. The first-order valence-electron chi connectivity index (χ1n) is 7.81. The highest BCUT2D eigenvalue weighted by Crippen LogP contribution is 2.25. The van der Waals surface area contributed by atoms with E-state index in [9.17, 15) is 9.59 Å². The van der Waals surface area contributed by atoms with Gasteiger partial charge in [-0.05, 0) is 45.6 Å². The second kappa shape index (κ2) is 7.45. The second-order valence-electron chi connectivity index (χ2n) is 6.57. The summed E-state index contributed by atoms with van der Waals surface area (Å²) in [6, 6.07) is 5.95. The van der Waals surface area contributed by atoms with E-state index in [0.29, 0.717) is 13.0 Å². The zero-order chi connectivity index (χ0) is 17.1. The number of nitrogens with one attached hydrogen (secondary N) is 1. The van der Waals surface area contributed by atoms with Crippen LogP contribution in [0.1, 0.15) is 25.8 Å². The molecule has 1 saturated heterocycles. The molecule has 2 amide bonds. The third-order valence-corrected chi connectivity index (χ3v) is 4.70. The summed E-state index contributed by atoms with van der Waals surface area (Å²) in [5.41, 5.74) is 1.91. The summed E-state index contributed by atoms with van der Waals surface area (Å²) in [6.07, 6.45) is 0.296. The molecule has 1 fully saturated rings. The molecule has 23 heavy (non-hydrogen) atoms. The van der Waals surface area contributed by atoms with Crippen LogP contribution in [0, 0.1) is 5.92 Å². The molecule has 1 atom stereocenters. The minimum atomic E-state index is -0.273. The number of hydrogen-bond donors (Lipinski definition) is 1. The molecule has 1 aliphatic rings. The molecule has 1 aromatic carbocycles. The van der Waals surface area contributed by atoms with Crippen LogP contribution in [0.4, 0.5) is 5.69 Å². The van der Waals surface area contributed by atoms with Gasteiger partial charge in [0.1, 0.15) is 0 Å². The molecule has 0 radical (unpaired) electrons. The number of hydrogen-bond acceptors (Lipinski definition) is 3. The lowest BCUT2D eigenvalue weighted by atomic mass is 10.1. The van der Waals surface area contributed by atoms with E-state index < -0.39 is 0 Å². The fraction of sp³-hybridized carbons (Fsp3) is 0.529. The van der Waals surface area contributed by atoms with Crippen molar-refractivity contribution in [2.45, 2.75) is 32.9 Å². The van der Waals surface area contributed by atoms with Crippen molar-refractivity contribution in [1.29, 1.82) is 0 Å². The predicted molar refractivity (Wildman–Crippen MR) is 95.1 cm³/mol. The van der Waals surface area contributed by atoms with E-state index in [1.54, 1.807) is 4.90 Å². The molecular formula is C17H24BrN3O2. The first-order valence-corrected chi connectivity index (χ1v) is 8.60. The average molecular weight is 382 g/mol. The molecule has 0 bridgehead atoms. The number of nitrogens with zero attached hydrogens (tertiary/aromatic N) is 2. The van der Waals surface area contributed by atoms with Gasteiger partial charge in [0, 0.05) is 35.7 Å². The maximum absolute atomic E-state index is 12.4. The number of likely N-dealkylation sites (tertiary alicyclic amines) is 1. The zero-order valence-corrected chi connectivity index (χ0v) is 15.7. The molecule has 1 N–H and O–H groups in total. The SMILES string of the molecule is CC(C)N1C[C@@H](C(=O)Nc2ccc(CN(C)C)c(Br)c2)CC1=O. The Morgan fingerprint density at radius 2 is 2.13 bits per heavy atom. The van der Waals surface area contributed by atoms with Crippen molar-refractivity contribution in [2.24, 2.45) is 5.92 Å². The van der Waals surface area contributed by atoms with Crippen LogP contribution in [-0.4, -0.2) is 48.3 Å². The van der Waals surface area contributed by atoms with Crippen LogP contribution in [0.2, 0.25) is 0 Å². The zero-order valence-electron chi connectivity index (χ0n) is 14.1. The van der Waals surface area contributed by atoms with Crippen molar-refractivity contribution in [1.82, 2.24) is 9.80 Å². The van der Waals surface area contributed by atoms with Gasteiger partial charge >= 0.3 is 0 Å². The van der Waals surface area contributed by atoms with E-state index in [1.807, 2.05) is 46.1 Å². The molecule has 0 aromatic heterocycles. The first kappa shape index (κ1) is 17.9. The quantitative estimate of drug-likeness (QED) is 0.852. The predicted octanol–water partition coefficient (Wildman–Crippen LogP) is 2.71.